The van der Waals surface area contributed by atoms with Gasteiger partial charge in [-0.3, -0.25) is 0 Å². The van der Waals surface area contributed by atoms with Crippen molar-refractivity contribution in [3.63, 3.8) is 0 Å². The Bertz CT molecular complexity index is 889. The summed E-state index contributed by atoms with van der Waals surface area (Å²) >= 11 is 0. The van der Waals surface area contributed by atoms with Gasteiger partial charge in [0.15, 0.2) is 5.82 Å². The Morgan fingerprint density at radius 1 is 1.30 bits per heavy atom. The molecule has 8 nitrogen and oxygen atoms in total. The number of hydrogen-bond donors (Lipinski definition) is 2. The van der Waals surface area contributed by atoms with Crippen LogP contribution in [0.2, 0.25) is 0 Å². The fourth-order valence-electron chi connectivity index (χ4n) is 2.69. The SMILES string of the molecule is CCOc1ccc(NC(=O)NC(CC)c2nc(C)no2)cc1-n1cccc1. The molecule has 0 radical (unpaired) electrons. The highest BCUT2D eigenvalue weighted by Gasteiger charge is 2.19. The van der Waals surface area contributed by atoms with Gasteiger partial charge in [0, 0.05) is 18.1 Å². The van der Waals surface area contributed by atoms with E-state index in [1.165, 1.54) is 0 Å². The average Bonchev–Trinajstić information content (AvgIpc) is 3.33. The lowest BCUT2D eigenvalue weighted by Crippen LogP contribution is -2.32. The summed E-state index contributed by atoms with van der Waals surface area (Å²) in [6.07, 6.45) is 4.48. The van der Waals surface area contributed by atoms with Crippen LogP contribution in [-0.4, -0.2) is 27.3 Å². The van der Waals surface area contributed by atoms with Crippen molar-refractivity contribution in [2.24, 2.45) is 0 Å². The fraction of sp³-hybridized carbons (Fsp3) is 0.316. The molecule has 2 N–H and O–H groups in total. The highest BCUT2D eigenvalue weighted by molar-refractivity contribution is 5.90. The molecule has 3 rings (SSSR count). The minimum atomic E-state index is -0.349. The number of hydrogen-bond acceptors (Lipinski definition) is 5. The zero-order valence-corrected chi connectivity index (χ0v) is 15.6. The lowest BCUT2D eigenvalue weighted by Gasteiger charge is -2.16. The Morgan fingerprint density at radius 3 is 2.70 bits per heavy atom. The van der Waals surface area contributed by atoms with Crippen LogP contribution >= 0.6 is 0 Å². The number of aromatic nitrogens is 3. The van der Waals surface area contributed by atoms with E-state index in [4.69, 9.17) is 9.26 Å². The number of nitrogens with zero attached hydrogens (tertiary/aromatic N) is 3. The van der Waals surface area contributed by atoms with Crippen LogP contribution in [0.4, 0.5) is 10.5 Å². The van der Waals surface area contributed by atoms with Crippen LogP contribution in [0.15, 0.2) is 47.2 Å². The van der Waals surface area contributed by atoms with Crippen molar-refractivity contribution < 1.29 is 14.1 Å². The van der Waals surface area contributed by atoms with Crippen LogP contribution in [0.25, 0.3) is 5.69 Å². The van der Waals surface area contributed by atoms with Crippen LogP contribution in [0.1, 0.15) is 38.0 Å². The van der Waals surface area contributed by atoms with Crippen LogP contribution in [0, 0.1) is 6.92 Å². The van der Waals surface area contributed by atoms with E-state index in [1.807, 2.05) is 55.1 Å². The van der Waals surface area contributed by atoms with Gasteiger partial charge in [-0.05, 0) is 50.6 Å². The van der Waals surface area contributed by atoms with E-state index < -0.39 is 0 Å². The van der Waals surface area contributed by atoms with Gasteiger partial charge in [0.2, 0.25) is 5.89 Å². The number of carbonyl (C=O) groups is 1. The van der Waals surface area contributed by atoms with E-state index in [-0.39, 0.29) is 12.1 Å². The Kier molecular flexibility index (Phi) is 5.75. The van der Waals surface area contributed by atoms with Crippen molar-refractivity contribution in [3.05, 3.63) is 54.4 Å². The summed E-state index contributed by atoms with van der Waals surface area (Å²) in [5.41, 5.74) is 1.50. The number of aryl methyl sites for hydroxylation is 1. The van der Waals surface area contributed by atoms with Gasteiger partial charge in [-0.1, -0.05) is 12.1 Å². The molecular formula is C19H23N5O3. The van der Waals surface area contributed by atoms with Crippen molar-refractivity contribution in [2.75, 3.05) is 11.9 Å². The summed E-state index contributed by atoms with van der Waals surface area (Å²) in [6, 6.07) is 8.67. The number of nitrogens with one attached hydrogen (secondary N) is 2. The monoisotopic (exact) mass is 369 g/mol. The molecule has 3 aromatic rings. The summed E-state index contributed by atoms with van der Waals surface area (Å²) in [5.74, 6) is 1.67. The average molecular weight is 369 g/mol. The van der Waals surface area contributed by atoms with Gasteiger partial charge >= 0.3 is 6.03 Å². The molecule has 0 spiro atoms. The normalized spacial score (nSPS) is 11.8. The topological polar surface area (TPSA) is 94.2 Å². The second-order valence-corrected chi connectivity index (χ2v) is 5.94. The Balaban J connectivity index is 1.74. The predicted octanol–water partition coefficient (Wildman–Crippen LogP) is 3.84. The van der Waals surface area contributed by atoms with Crippen LogP contribution < -0.4 is 15.4 Å². The van der Waals surface area contributed by atoms with E-state index >= 15 is 0 Å². The first-order valence-corrected chi connectivity index (χ1v) is 8.88. The molecule has 1 aromatic carbocycles. The Morgan fingerprint density at radius 2 is 2.07 bits per heavy atom. The van der Waals surface area contributed by atoms with Crippen LogP contribution in [-0.2, 0) is 0 Å². The van der Waals surface area contributed by atoms with Gasteiger partial charge < -0.3 is 24.5 Å². The van der Waals surface area contributed by atoms with Gasteiger partial charge in [-0.25, -0.2) is 4.79 Å². The van der Waals surface area contributed by atoms with Gasteiger partial charge in [0.05, 0.1) is 12.3 Å². The number of rotatable bonds is 7. The maximum Gasteiger partial charge on any atom is 0.319 e. The van der Waals surface area contributed by atoms with Gasteiger partial charge in [0.1, 0.15) is 11.8 Å². The molecular weight excluding hydrogens is 346 g/mol. The molecule has 0 aliphatic heterocycles. The summed E-state index contributed by atoms with van der Waals surface area (Å²) in [5, 5.41) is 9.47. The molecule has 1 unspecified atom stereocenters. The largest absolute Gasteiger partial charge is 0.492 e. The van der Waals surface area contributed by atoms with E-state index in [0.29, 0.717) is 30.4 Å². The van der Waals surface area contributed by atoms with Gasteiger partial charge in [-0.2, -0.15) is 4.98 Å². The lowest BCUT2D eigenvalue weighted by molar-refractivity contribution is 0.243. The maximum absolute atomic E-state index is 12.4. The third kappa shape index (κ3) is 4.46. The van der Waals surface area contributed by atoms with Crippen LogP contribution in [0.3, 0.4) is 0 Å². The molecule has 0 aliphatic rings. The zero-order chi connectivity index (χ0) is 19.2. The first-order chi connectivity index (χ1) is 13.1. The van der Waals surface area contributed by atoms with E-state index in [1.54, 1.807) is 13.0 Å². The predicted molar refractivity (Wildman–Crippen MR) is 101 cm³/mol. The van der Waals surface area contributed by atoms with Crippen molar-refractivity contribution in [1.29, 1.82) is 0 Å². The van der Waals surface area contributed by atoms with Crippen molar-refractivity contribution in [1.82, 2.24) is 20.0 Å². The molecule has 142 valence electrons. The smallest absolute Gasteiger partial charge is 0.319 e. The third-order valence-electron chi connectivity index (χ3n) is 3.95. The highest BCUT2D eigenvalue weighted by Crippen LogP contribution is 2.27. The molecule has 0 bridgehead atoms. The minimum Gasteiger partial charge on any atom is -0.492 e. The first-order valence-electron chi connectivity index (χ1n) is 8.88. The number of carbonyl (C=O) groups excluding carboxylic acids is 1. The number of ether oxygens (including phenoxy) is 1. The summed E-state index contributed by atoms with van der Waals surface area (Å²) in [4.78, 5) is 16.6. The molecule has 8 heteroatoms. The molecule has 0 saturated carbocycles. The second-order valence-electron chi connectivity index (χ2n) is 5.94. The minimum absolute atomic E-state index is 0.347. The summed E-state index contributed by atoms with van der Waals surface area (Å²) < 4.78 is 12.8. The first kappa shape index (κ1) is 18.5. The van der Waals surface area contributed by atoms with Gasteiger partial charge in [-0.15, -0.1) is 0 Å². The van der Waals surface area contributed by atoms with Crippen LogP contribution in [0.5, 0.6) is 5.75 Å². The molecule has 27 heavy (non-hydrogen) atoms. The molecule has 2 heterocycles. The number of urea groups is 1. The van der Waals surface area contributed by atoms with E-state index in [2.05, 4.69) is 20.8 Å². The van der Waals surface area contributed by atoms with E-state index in [0.717, 1.165) is 11.4 Å². The third-order valence-corrected chi connectivity index (χ3v) is 3.95. The summed E-state index contributed by atoms with van der Waals surface area (Å²) in [7, 11) is 0. The standard InChI is InChI=1S/C19H23N5O3/c1-4-15(18-20-13(3)23-27-18)22-19(25)21-14-8-9-17(26-5-2)16(12-14)24-10-6-7-11-24/h6-12,15H,4-5H2,1-3H3,(H2,21,22,25). The Labute approximate surface area is 157 Å². The quantitative estimate of drug-likeness (QED) is 0.660. The summed E-state index contributed by atoms with van der Waals surface area (Å²) in [6.45, 7) is 6.17. The lowest BCUT2D eigenvalue weighted by atomic mass is 10.2. The highest BCUT2D eigenvalue weighted by atomic mass is 16.5. The molecule has 0 aliphatic carbocycles. The number of benzene rings is 1. The second kappa shape index (κ2) is 8.39. The molecule has 0 saturated heterocycles. The Hall–Kier alpha value is -3.29. The molecule has 2 aromatic heterocycles. The molecule has 1 atom stereocenters. The number of anilines is 1. The van der Waals surface area contributed by atoms with Crippen molar-refractivity contribution >= 4 is 11.7 Å². The zero-order valence-electron chi connectivity index (χ0n) is 15.6. The van der Waals surface area contributed by atoms with Gasteiger partial charge in [0.25, 0.3) is 0 Å². The van der Waals surface area contributed by atoms with Crippen molar-refractivity contribution in [2.45, 2.75) is 33.2 Å². The molecule has 2 amide bonds. The molecule has 0 fully saturated rings. The number of amides is 2. The van der Waals surface area contributed by atoms with Crippen molar-refractivity contribution in [3.8, 4) is 11.4 Å². The fourth-order valence-corrected chi connectivity index (χ4v) is 2.69. The maximum atomic E-state index is 12.4. The van der Waals surface area contributed by atoms with E-state index in [9.17, 15) is 4.79 Å².